The van der Waals surface area contributed by atoms with E-state index in [1.165, 1.54) is 0 Å². The molecule has 0 radical (unpaired) electrons. The van der Waals surface area contributed by atoms with E-state index in [4.69, 9.17) is 10.5 Å². The quantitative estimate of drug-likeness (QED) is 0.584. The lowest BCUT2D eigenvalue weighted by Gasteiger charge is -2.08. The van der Waals surface area contributed by atoms with Crippen LogP contribution in [0.15, 0.2) is 12.3 Å². The van der Waals surface area contributed by atoms with Crippen LogP contribution in [0.4, 0.5) is 5.69 Å². The highest BCUT2D eigenvalue weighted by molar-refractivity contribution is 5.91. The molecule has 6 nitrogen and oxygen atoms in total. The lowest BCUT2D eigenvalue weighted by Crippen LogP contribution is -2.29. The molecule has 0 atom stereocenters. The number of nitrogen functional groups attached to an aromatic ring is 1. The van der Waals surface area contributed by atoms with Crippen molar-refractivity contribution < 1.29 is 14.3 Å². The van der Waals surface area contributed by atoms with Crippen LogP contribution in [-0.2, 0) is 9.53 Å². The van der Waals surface area contributed by atoms with Crippen LogP contribution in [0.3, 0.4) is 0 Å². The zero-order chi connectivity index (χ0) is 14.5. The molecular formula is C14H21N3O3. The molecule has 110 valence electrons. The number of nitrogens with one attached hydrogen (secondary N) is 1. The molecule has 1 aromatic rings. The number of anilines is 1. The van der Waals surface area contributed by atoms with E-state index in [9.17, 15) is 9.59 Å². The summed E-state index contributed by atoms with van der Waals surface area (Å²) in [5.41, 5.74) is 6.67. The van der Waals surface area contributed by atoms with Gasteiger partial charge in [0.25, 0.3) is 5.91 Å². The molecule has 1 fully saturated rings. The zero-order valence-electron chi connectivity index (χ0n) is 11.7. The summed E-state index contributed by atoms with van der Waals surface area (Å²) in [4.78, 5) is 23.4. The van der Waals surface area contributed by atoms with Crippen LogP contribution in [0.25, 0.3) is 0 Å². The minimum Gasteiger partial charge on any atom is -0.451 e. The summed E-state index contributed by atoms with van der Waals surface area (Å²) in [6.07, 6.45) is 5.77. The fourth-order valence-electron chi connectivity index (χ4n) is 1.98. The summed E-state index contributed by atoms with van der Waals surface area (Å²) in [6.45, 7) is 2.40. The highest BCUT2D eigenvalue weighted by Crippen LogP contribution is 2.37. The molecule has 1 aliphatic carbocycles. The first-order valence-corrected chi connectivity index (χ1v) is 7.03. The topological polar surface area (TPSA) is 86.3 Å². The molecule has 0 bridgehead atoms. The number of hydrogen-bond acceptors (Lipinski definition) is 4. The Balaban J connectivity index is 1.84. The number of unbranched alkanes of at least 4 members (excludes halogenated alkanes) is 1. The molecule has 1 aliphatic rings. The van der Waals surface area contributed by atoms with Crippen LogP contribution >= 0.6 is 0 Å². The second-order valence-corrected chi connectivity index (χ2v) is 5.08. The van der Waals surface area contributed by atoms with Gasteiger partial charge in [-0.05, 0) is 25.3 Å². The van der Waals surface area contributed by atoms with Gasteiger partial charge in [-0.15, -0.1) is 0 Å². The van der Waals surface area contributed by atoms with Gasteiger partial charge in [-0.3, -0.25) is 4.79 Å². The third kappa shape index (κ3) is 3.76. The van der Waals surface area contributed by atoms with E-state index in [0.717, 1.165) is 25.7 Å². The number of esters is 1. The second kappa shape index (κ2) is 6.45. The molecule has 6 heteroatoms. The zero-order valence-corrected chi connectivity index (χ0v) is 11.7. The monoisotopic (exact) mass is 279 g/mol. The lowest BCUT2D eigenvalue weighted by molar-refractivity contribution is -0.124. The largest absolute Gasteiger partial charge is 0.451 e. The number of nitrogens with zero attached hydrogens (tertiary/aromatic N) is 1. The standard InChI is InChI=1S/C14H21N3O3/c1-2-3-6-16-13(18)9-20-14(19)12-7-10(15)8-17(12)11-4-5-11/h7-8,11H,2-6,9,15H2,1H3,(H,16,18). The Hall–Kier alpha value is -1.98. The first kappa shape index (κ1) is 14.4. The van der Waals surface area contributed by atoms with Crippen molar-refractivity contribution >= 4 is 17.6 Å². The summed E-state index contributed by atoms with van der Waals surface area (Å²) < 4.78 is 6.87. The predicted octanol–water partition coefficient (Wildman–Crippen LogP) is 1.48. The van der Waals surface area contributed by atoms with Crippen LogP contribution < -0.4 is 11.1 Å². The van der Waals surface area contributed by atoms with Crippen molar-refractivity contribution in [1.29, 1.82) is 0 Å². The van der Waals surface area contributed by atoms with Crippen molar-refractivity contribution in [1.82, 2.24) is 9.88 Å². The Labute approximate surface area is 118 Å². The minimum atomic E-state index is -0.501. The van der Waals surface area contributed by atoms with E-state index >= 15 is 0 Å². The number of carbonyl (C=O) groups is 2. The molecule has 3 N–H and O–H groups in total. The summed E-state index contributed by atoms with van der Waals surface area (Å²) in [7, 11) is 0. The SMILES string of the molecule is CCCCNC(=O)COC(=O)c1cc(N)cn1C1CC1. The summed E-state index contributed by atoms with van der Waals surface area (Å²) in [5.74, 6) is -0.774. The number of ether oxygens (including phenoxy) is 1. The normalized spacial score (nSPS) is 14.1. The van der Waals surface area contributed by atoms with Gasteiger partial charge in [-0.25, -0.2) is 4.79 Å². The Morgan fingerprint density at radius 3 is 2.90 bits per heavy atom. The maximum Gasteiger partial charge on any atom is 0.355 e. The minimum absolute atomic E-state index is 0.252. The maximum atomic E-state index is 12.0. The highest BCUT2D eigenvalue weighted by atomic mass is 16.5. The van der Waals surface area contributed by atoms with E-state index in [1.54, 1.807) is 12.3 Å². The number of aromatic nitrogens is 1. The number of hydrogen-bond donors (Lipinski definition) is 2. The Morgan fingerprint density at radius 1 is 1.50 bits per heavy atom. The van der Waals surface area contributed by atoms with Gasteiger partial charge in [0.1, 0.15) is 5.69 Å². The fraction of sp³-hybridized carbons (Fsp3) is 0.571. The lowest BCUT2D eigenvalue weighted by atomic mass is 10.3. The number of nitrogens with two attached hydrogens (primary N) is 1. The Kier molecular flexibility index (Phi) is 4.65. The molecular weight excluding hydrogens is 258 g/mol. The predicted molar refractivity (Wildman–Crippen MR) is 75.3 cm³/mol. The first-order chi connectivity index (χ1) is 9.61. The van der Waals surface area contributed by atoms with Gasteiger partial charge in [0.15, 0.2) is 6.61 Å². The van der Waals surface area contributed by atoms with Gasteiger partial charge < -0.3 is 20.4 Å². The fourth-order valence-corrected chi connectivity index (χ4v) is 1.98. The van der Waals surface area contributed by atoms with Crippen LogP contribution in [0, 0.1) is 0 Å². The smallest absolute Gasteiger partial charge is 0.355 e. The van der Waals surface area contributed by atoms with Gasteiger partial charge in [0.2, 0.25) is 0 Å². The van der Waals surface area contributed by atoms with Crippen molar-refractivity contribution in [2.45, 2.75) is 38.6 Å². The van der Waals surface area contributed by atoms with E-state index in [2.05, 4.69) is 5.32 Å². The van der Waals surface area contributed by atoms with Gasteiger partial charge in [-0.2, -0.15) is 0 Å². The third-order valence-electron chi connectivity index (χ3n) is 3.21. The third-order valence-corrected chi connectivity index (χ3v) is 3.21. The van der Waals surface area contributed by atoms with Crippen LogP contribution in [0.5, 0.6) is 0 Å². The van der Waals surface area contributed by atoms with Crippen molar-refractivity contribution in [2.24, 2.45) is 0 Å². The maximum absolute atomic E-state index is 12.0. The summed E-state index contributed by atoms with van der Waals surface area (Å²) in [5, 5.41) is 2.70. The van der Waals surface area contributed by atoms with Gasteiger partial charge in [-0.1, -0.05) is 13.3 Å². The number of rotatable bonds is 7. The first-order valence-electron chi connectivity index (χ1n) is 7.03. The highest BCUT2D eigenvalue weighted by Gasteiger charge is 2.28. The molecule has 0 spiro atoms. The Morgan fingerprint density at radius 2 is 2.25 bits per heavy atom. The summed E-state index contributed by atoms with van der Waals surface area (Å²) in [6, 6.07) is 1.93. The molecule has 1 saturated carbocycles. The van der Waals surface area contributed by atoms with E-state index in [1.807, 2.05) is 11.5 Å². The molecule has 0 saturated heterocycles. The van der Waals surface area contributed by atoms with Crippen LogP contribution in [0.1, 0.15) is 49.1 Å². The van der Waals surface area contributed by atoms with Gasteiger partial charge in [0.05, 0.1) is 5.69 Å². The molecule has 0 aliphatic heterocycles. The van der Waals surface area contributed by atoms with Crippen LogP contribution in [0.2, 0.25) is 0 Å². The van der Waals surface area contributed by atoms with Crippen LogP contribution in [-0.4, -0.2) is 29.6 Å². The molecule has 1 aromatic heterocycles. The van der Waals surface area contributed by atoms with Crippen molar-refractivity contribution in [3.63, 3.8) is 0 Å². The number of amides is 1. The van der Waals surface area contributed by atoms with E-state index in [0.29, 0.717) is 24.0 Å². The van der Waals surface area contributed by atoms with Crippen molar-refractivity contribution in [3.05, 3.63) is 18.0 Å². The van der Waals surface area contributed by atoms with Gasteiger partial charge >= 0.3 is 5.97 Å². The average molecular weight is 279 g/mol. The molecule has 20 heavy (non-hydrogen) atoms. The number of carbonyl (C=O) groups excluding carboxylic acids is 2. The summed E-state index contributed by atoms with van der Waals surface area (Å²) >= 11 is 0. The van der Waals surface area contributed by atoms with Crippen molar-refractivity contribution in [3.8, 4) is 0 Å². The van der Waals surface area contributed by atoms with Gasteiger partial charge in [0, 0.05) is 18.8 Å². The molecule has 1 amide bonds. The van der Waals surface area contributed by atoms with E-state index < -0.39 is 5.97 Å². The molecule has 2 rings (SSSR count). The molecule has 0 aromatic carbocycles. The molecule has 0 unspecified atom stereocenters. The average Bonchev–Trinajstić information content (AvgIpc) is 3.19. The van der Waals surface area contributed by atoms with E-state index in [-0.39, 0.29) is 12.5 Å². The second-order valence-electron chi connectivity index (χ2n) is 5.08. The van der Waals surface area contributed by atoms with Crippen molar-refractivity contribution in [2.75, 3.05) is 18.9 Å². The molecule has 1 heterocycles. The Bertz CT molecular complexity index is 492.